The van der Waals surface area contributed by atoms with Gasteiger partial charge in [0.2, 0.25) is 0 Å². The number of nitrogens with zero attached hydrogens (tertiary/aromatic N) is 3. The first-order valence-corrected chi connectivity index (χ1v) is 11.6. The molecule has 3 aromatic heterocycles. The molecule has 1 unspecified atom stereocenters. The summed E-state index contributed by atoms with van der Waals surface area (Å²) in [5, 5.41) is 7.25. The Balaban J connectivity index is 1.46. The SMILES string of the molecule is NC(=O)c1cc(F)c(NC2CCCC[C@@H]2N)nc1Nc1cncc(-c2ccc3cccnc3c2)c1. The minimum absolute atomic E-state index is 0.0320. The van der Waals surface area contributed by atoms with E-state index in [1.165, 1.54) is 0 Å². The molecule has 4 aromatic rings. The molecular formula is C26H26FN7O. The molecule has 1 saturated carbocycles. The topological polar surface area (TPSA) is 132 Å². The Morgan fingerprint density at radius 2 is 1.89 bits per heavy atom. The maximum Gasteiger partial charge on any atom is 0.252 e. The second kappa shape index (κ2) is 9.63. The van der Waals surface area contributed by atoms with Crippen molar-refractivity contribution in [3.63, 3.8) is 0 Å². The summed E-state index contributed by atoms with van der Waals surface area (Å²) < 4.78 is 14.8. The largest absolute Gasteiger partial charge is 0.365 e. The zero-order valence-corrected chi connectivity index (χ0v) is 19.0. The molecule has 1 amide bonds. The van der Waals surface area contributed by atoms with Crippen LogP contribution >= 0.6 is 0 Å². The molecule has 35 heavy (non-hydrogen) atoms. The van der Waals surface area contributed by atoms with Gasteiger partial charge in [-0.3, -0.25) is 14.8 Å². The lowest BCUT2D eigenvalue weighted by Crippen LogP contribution is -2.43. The molecule has 1 aliphatic rings. The van der Waals surface area contributed by atoms with E-state index in [2.05, 4.69) is 25.6 Å². The lowest BCUT2D eigenvalue weighted by Gasteiger charge is -2.30. The average Bonchev–Trinajstić information content (AvgIpc) is 2.87. The summed E-state index contributed by atoms with van der Waals surface area (Å²) in [6, 6.07) is 12.7. The lowest BCUT2D eigenvalue weighted by molar-refractivity contribution is 0.100. The van der Waals surface area contributed by atoms with E-state index < -0.39 is 11.7 Å². The molecule has 0 spiro atoms. The van der Waals surface area contributed by atoms with Gasteiger partial charge in [0.15, 0.2) is 11.6 Å². The van der Waals surface area contributed by atoms with E-state index in [4.69, 9.17) is 11.5 Å². The molecule has 0 bridgehead atoms. The maximum absolute atomic E-state index is 14.8. The molecule has 0 aliphatic heterocycles. The first-order chi connectivity index (χ1) is 17.0. The number of benzene rings is 1. The van der Waals surface area contributed by atoms with Gasteiger partial charge in [-0.1, -0.05) is 31.0 Å². The van der Waals surface area contributed by atoms with Gasteiger partial charge in [-0.05, 0) is 42.7 Å². The highest BCUT2D eigenvalue weighted by atomic mass is 19.1. The van der Waals surface area contributed by atoms with Crippen molar-refractivity contribution >= 4 is 34.1 Å². The van der Waals surface area contributed by atoms with Gasteiger partial charge in [0.25, 0.3) is 5.91 Å². The molecule has 0 saturated heterocycles. The van der Waals surface area contributed by atoms with E-state index in [1.807, 2.05) is 36.4 Å². The summed E-state index contributed by atoms with van der Waals surface area (Å²) in [6.07, 6.45) is 8.85. The van der Waals surface area contributed by atoms with E-state index >= 15 is 0 Å². The van der Waals surface area contributed by atoms with Crippen LogP contribution in [0.5, 0.6) is 0 Å². The number of pyridine rings is 3. The third-order valence-corrected chi connectivity index (χ3v) is 6.32. The van der Waals surface area contributed by atoms with Crippen LogP contribution in [0.15, 0.2) is 61.1 Å². The van der Waals surface area contributed by atoms with Crippen LogP contribution in [0.25, 0.3) is 22.0 Å². The van der Waals surface area contributed by atoms with E-state index in [-0.39, 0.29) is 29.3 Å². The smallest absolute Gasteiger partial charge is 0.252 e. The average molecular weight is 472 g/mol. The number of hydrogen-bond acceptors (Lipinski definition) is 7. The number of amides is 1. The van der Waals surface area contributed by atoms with Crippen molar-refractivity contribution < 1.29 is 9.18 Å². The Morgan fingerprint density at radius 3 is 2.71 bits per heavy atom. The predicted molar refractivity (Wildman–Crippen MR) is 135 cm³/mol. The molecule has 9 heteroatoms. The number of hydrogen-bond donors (Lipinski definition) is 4. The quantitative estimate of drug-likeness (QED) is 0.329. The standard InChI is InChI=1S/C26H26FN7O/c27-20-12-19(24(29)35)25(34-26(20)33-22-6-2-1-5-21(22)28)32-18-10-17(13-30-14-18)16-8-7-15-4-3-9-31-23(15)11-16/h3-4,7-14,21-22H,1-2,5-6,28H2,(H2,29,35)(H2,32,33,34)/t21-,22?/m0/s1. The van der Waals surface area contributed by atoms with Crippen LogP contribution in [0, 0.1) is 5.82 Å². The third kappa shape index (κ3) is 4.90. The van der Waals surface area contributed by atoms with Crippen molar-refractivity contribution in [3.05, 3.63) is 72.4 Å². The number of rotatable bonds is 6. The number of carbonyl (C=O) groups is 1. The van der Waals surface area contributed by atoms with Crippen molar-refractivity contribution in [2.45, 2.75) is 37.8 Å². The van der Waals surface area contributed by atoms with Crippen molar-refractivity contribution in [2.24, 2.45) is 11.5 Å². The molecule has 5 rings (SSSR count). The number of halogens is 1. The zero-order valence-electron chi connectivity index (χ0n) is 19.0. The summed E-state index contributed by atoms with van der Waals surface area (Å²) in [7, 11) is 0. The number of anilines is 3. The Hall–Kier alpha value is -4.11. The number of nitrogens with one attached hydrogen (secondary N) is 2. The maximum atomic E-state index is 14.8. The molecule has 1 aliphatic carbocycles. The van der Waals surface area contributed by atoms with Gasteiger partial charge >= 0.3 is 0 Å². The molecule has 6 N–H and O–H groups in total. The van der Waals surface area contributed by atoms with Crippen LogP contribution in [0.4, 0.5) is 21.7 Å². The summed E-state index contributed by atoms with van der Waals surface area (Å²) in [6.45, 7) is 0. The van der Waals surface area contributed by atoms with Gasteiger partial charge in [0.05, 0.1) is 23.0 Å². The van der Waals surface area contributed by atoms with Crippen molar-refractivity contribution in [3.8, 4) is 11.1 Å². The minimum atomic E-state index is -0.787. The zero-order chi connectivity index (χ0) is 24.4. The first kappa shape index (κ1) is 22.7. The summed E-state index contributed by atoms with van der Waals surface area (Å²) >= 11 is 0. The fraction of sp³-hybridized carbons (Fsp3) is 0.231. The molecule has 1 aromatic carbocycles. The Kier molecular flexibility index (Phi) is 6.24. The Morgan fingerprint density at radius 1 is 1.03 bits per heavy atom. The normalized spacial score (nSPS) is 17.8. The third-order valence-electron chi connectivity index (χ3n) is 6.32. The molecule has 2 atom stereocenters. The molecule has 178 valence electrons. The second-order valence-corrected chi connectivity index (χ2v) is 8.78. The van der Waals surface area contributed by atoms with Crippen LogP contribution in [0.2, 0.25) is 0 Å². The highest BCUT2D eigenvalue weighted by Crippen LogP contribution is 2.29. The minimum Gasteiger partial charge on any atom is -0.365 e. The van der Waals surface area contributed by atoms with Gasteiger partial charge in [-0.25, -0.2) is 9.37 Å². The van der Waals surface area contributed by atoms with E-state index in [1.54, 1.807) is 18.6 Å². The van der Waals surface area contributed by atoms with E-state index in [9.17, 15) is 9.18 Å². The number of aromatic nitrogens is 3. The highest BCUT2D eigenvalue weighted by Gasteiger charge is 2.24. The van der Waals surface area contributed by atoms with Crippen LogP contribution < -0.4 is 22.1 Å². The second-order valence-electron chi connectivity index (χ2n) is 8.78. The monoisotopic (exact) mass is 471 g/mol. The van der Waals surface area contributed by atoms with Crippen LogP contribution in [-0.2, 0) is 0 Å². The molecular weight excluding hydrogens is 445 g/mol. The van der Waals surface area contributed by atoms with Crippen LogP contribution in [-0.4, -0.2) is 32.9 Å². The number of carbonyl (C=O) groups excluding carboxylic acids is 1. The summed E-state index contributed by atoms with van der Waals surface area (Å²) in [4.78, 5) is 25.1. The van der Waals surface area contributed by atoms with Crippen molar-refractivity contribution in [1.29, 1.82) is 0 Å². The number of nitrogens with two attached hydrogens (primary N) is 2. The number of primary amides is 1. The van der Waals surface area contributed by atoms with Crippen molar-refractivity contribution in [2.75, 3.05) is 10.6 Å². The van der Waals surface area contributed by atoms with Crippen LogP contribution in [0.3, 0.4) is 0 Å². The molecule has 1 fully saturated rings. The van der Waals surface area contributed by atoms with Gasteiger partial charge in [-0.2, -0.15) is 0 Å². The van der Waals surface area contributed by atoms with E-state index in [0.717, 1.165) is 53.8 Å². The first-order valence-electron chi connectivity index (χ1n) is 11.6. The summed E-state index contributed by atoms with van der Waals surface area (Å²) in [5.41, 5.74) is 14.9. The molecule has 8 nitrogen and oxygen atoms in total. The van der Waals surface area contributed by atoms with Gasteiger partial charge in [0, 0.05) is 35.4 Å². The fourth-order valence-corrected chi connectivity index (χ4v) is 4.44. The predicted octanol–water partition coefficient (Wildman–Crippen LogP) is 4.36. The fourth-order valence-electron chi connectivity index (χ4n) is 4.44. The van der Waals surface area contributed by atoms with E-state index in [0.29, 0.717) is 5.69 Å². The number of fused-ring (bicyclic) bond motifs is 1. The molecule has 3 heterocycles. The molecule has 0 radical (unpaired) electrons. The summed E-state index contributed by atoms with van der Waals surface area (Å²) in [5.74, 6) is -1.27. The van der Waals surface area contributed by atoms with Gasteiger partial charge in [0.1, 0.15) is 5.82 Å². The lowest BCUT2D eigenvalue weighted by atomic mass is 9.91. The van der Waals surface area contributed by atoms with Gasteiger partial charge < -0.3 is 22.1 Å². The van der Waals surface area contributed by atoms with Crippen LogP contribution in [0.1, 0.15) is 36.0 Å². The van der Waals surface area contributed by atoms with Gasteiger partial charge in [-0.15, -0.1) is 0 Å². The Labute approximate surface area is 202 Å². The van der Waals surface area contributed by atoms with Crippen molar-refractivity contribution in [1.82, 2.24) is 15.0 Å². The highest BCUT2D eigenvalue weighted by molar-refractivity contribution is 5.98. The Bertz CT molecular complexity index is 1390.